The average Bonchev–Trinajstić information content (AvgIpc) is 2.53. The molecule has 1 rings (SSSR count). The monoisotopic (exact) mass is 333 g/mol. The molecule has 0 fully saturated rings. The van der Waals surface area contributed by atoms with Crippen LogP contribution in [-0.4, -0.2) is 35.2 Å². The van der Waals surface area contributed by atoms with Crippen molar-refractivity contribution in [3.05, 3.63) is 30.1 Å². The highest BCUT2D eigenvalue weighted by molar-refractivity contribution is 5.97. The molecular weight excluding hydrogens is 306 g/mol. The zero-order valence-corrected chi connectivity index (χ0v) is 14.8. The highest BCUT2D eigenvalue weighted by atomic mass is 16.2. The van der Waals surface area contributed by atoms with E-state index in [1.54, 1.807) is 12.1 Å². The van der Waals surface area contributed by atoms with Crippen molar-refractivity contribution in [2.75, 3.05) is 0 Å². The normalized spacial score (nSPS) is 13.4. The summed E-state index contributed by atoms with van der Waals surface area (Å²) < 4.78 is 0. The summed E-state index contributed by atoms with van der Waals surface area (Å²) >= 11 is 0. The average molecular weight is 333 g/mol. The van der Waals surface area contributed by atoms with Crippen LogP contribution >= 0.6 is 0 Å². The Morgan fingerprint density at radius 3 is 2.12 bits per heavy atom. The molecule has 1 aromatic rings. The van der Waals surface area contributed by atoms with Crippen molar-refractivity contribution in [3.63, 3.8) is 0 Å². The smallest absolute Gasteiger partial charge is 0.252 e. The molecular formula is C18H27N3O3. The lowest BCUT2D eigenvalue weighted by Gasteiger charge is -2.23. The first-order chi connectivity index (χ1) is 11.3. The molecule has 6 nitrogen and oxygen atoms in total. The SMILES string of the molecule is CC(C)C[C@@H](C=O)NC(=O)[C@H](CC(C)C)NC(=O)c1ccncc1. The first-order valence-electron chi connectivity index (χ1n) is 8.30. The van der Waals surface area contributed by atoms with E-state index in [2.05, 4.69) is 15.6 Å². The van der Waals surface area contributed by atoms with Crippen molar-refractivity contribution in [1.82, 2.24) is 15.6 Å². The fraction of sp³-hybridized carbons (Fsp3) is 0.556. The van der Waals surface area contributed by atoms with Gasteiger partial charge >= 0.3 is 0 Å². The van der Waals surface area contributed by atoms with Crippen LogP contribution in [0.25, 0.3) is 0 Å². The Morgan fingerprint density at radius 1 is 1.04 bits per heavy atom. The largest absolute Gasteiger partial charge is 0.345 e. The second-order valence-electron chi connectivity index (χ2n) is 6.77. The Balaban J connectivity index is 2.78. The lowest BCUT2D eigenvalue weighted by atomic mass is 10.0. The van der Waals surface area contributed by atoms with E-state index in [0.29, 0.717) is 18.4 Å². The summed E-state index contributed by atoms with van der Waals surface area (Å²) in [6, 6.07) is 1.96. The van der Waals surface area contributed by atoms with E-state index in [9.17, 15) is 14.4 Å². The Bertz CT molecular complexity index is 544. The number of rotatable bonds is 9. The number of hydrogen-bond donors (Lipinski definition) is 2. The van der Waals surface area contributed by atoms with E-state index in [-0.39, 0.29) is 23.7 Å². The van der Waals surface area contributed by atoms with Crippen LogP contribution in [0.15, 0.2) is 24.5 Å². The number of carbonyl (C=O) groups excluding carboxylic acids is 3. The molecule has 0 radical (unpaired) electrons. The van der Waals surface area contributed by atoms with Gasteiger partial charge in [-0.2, -0.15) is 0 Å². The molecule has 1 heterocycles. The Hall–Kier alpha value is -2.24. The van der Waals surface area contributed by atoms with Crippen LogP contribution in [0, 0.1) is 11.8 Å². The zero-order valence-electron chi connectivity index (χ0n) is 14.8. The predicted octanol–water partition coefficient (Wildman–Crippen LogP) is 1.96. The van der Waals surface area contributed by atoms with Crippen molar-refractivity contribution in [3.8, 4) is 0 Å². The first-order valence-corrected chi connectivity index (χ1v) is 8.30. The number of amides is 2. The number of nitrogens with one attached hydrogen (secondary N) is 2. The molecule has 0 unspecified atom stereocenters. The standard InChI is InChI=1S/C18H27N3O3/c1-12(2)9-15(11-22)20-18(24)16(10-13(3)4)21-17(23)14-5-7-19-8-6-14/h5-8,11-13,15-16H,9-10H2,1-4H3,(H,20,24)(H,21,23)/t15-,16-/m0/s1. The van der Waals surface area contributed by atoms with E-state index in [0.717, 1.165) is 6.29 Å². The Labute approximate surface area is 143 Å². The summed E-state index contributed by atoms with van der Waals surface area (Å²) in [5.41, 5.74) is 0.445. The third kappa shape index (κ3) is 6.89. The molecule has 132 valence electrons. The molecule has 0 aliphatic rings. The van der Waals surface area contributed by atoms with Gasteiger partial charge in [0.2, 0.25) is 5.91 Å². The van der Waals surface area contributed by atoms with E-state index >= 15 is 0 Å². The second-order valence-corrected chi connectivity index (χ2v) is 6.77. The van der Waals surface area contributed by atoms with E-state index < -0.39 is 12.1 Å². The summed E-state index contributed by atoms with van der Waals surface area (Å²) in [6.45, 7) is 7.92. The van der Waals surface area contributed by atoms with Gasteiger partial charge in [-0.3, -0.25) is 14.6 Å². The number of aldehydes is 1. The third-order valence-corrected chi connectivity index (χ3v) is 3.49. The van der Waals surface area contributed by atoms with E-state index in [1.165, 1.54) is 12.4 Å². The second kappa shape index (κ2) is 9.80. The van der Waals surface area contributed by atoms with E-state index in [4.69, 9.17) is 0 Å². The van der Waals surface area contributed by atoms with Crippen molar-refractivity contribution in [1.29, 1.82) is 0 Å². The van der Waals surface area contributed by atoms with Gasteiger partial charge in [0.05, 0.1) is 6.04 Å². The maximum atomic E-state index is 12.5. The van der Waals surface area contributed by atoms with Crippen LogP contribution in [0.4, 0.5) is 0 Å². The zero-order chi connectivity index (χ0) is 18.1. The number of hydrogen-bond acceptors (Lipinski definition) is 4. The minimum atomic E-state index is -0.680. The van der Waals surface area contributed by atoms with Gasteiger partial charge in [-0.05, 0) is 36.8 Å². The van der Waals surface area contributed by atoms with Crippen LogP contribution in [0.1, 0.15) is 50.9 Å². The minimum absolute atomic E-state index is 0.221. The van der Waals surface area contributed by atoms with Gasteiger partial charge in [0.1, 0.15) is 12.3 Å². The summed E-state index contributed by atoms with van der Waals surface area (Å²) in [6.07, 6.45) is 4.86. The van der Waals surface area contributed by atoms with Gasteiger partial charge < -0.3 is 15.4 Å². The van der Waals surface area contributed by atoms with Crippen molar-refractivity contribution >= 4 is 18.1 Å². The molecule has 0 spiro atoms. The predicted molar refractivity (Wildman–Crippen MR) is 92.4 cm³/mol. The highest BCUT2D eigenvalue weighted by Crippen LogP contribution is 2.09. The molecule has 0 saturated heterocycles. The van der Waals surface area contributed by atoms with Gasteiger partial charge in [0.25, 0.3) is 5.91 Å². The fourth-order valence-corrected chi connectivity index (χ4v) is 2.39. The molecule has 0 bridgehead atoms. The molecule has 6 heteroatoms. The van der Waals surface area contributed by atoms with Gasteiger partial charge in [-0.1, -0.05) is 27.7 Å². The summed E-state index contributed by atoms with van der Waals surface area (Å²) in [4.78, 5) is 39.8. The van der Waals surface area contributed by atoms with Crippen LogP contribution < -0.4 is 10.6 Å². The molecule has 2 N–H and O–H groups in total. The molecule has 24 heavy (non-hydrogen) atoms. The molecule has 0 saturated carbocycles. The summed E-state index contributed by atoms with van der Waals surface area (Å²) in [5.74, 6) is -0.151. The van der Waals surface area contributed by atoms with Gasteiger partial charge in [-0.15, -0.1) is 0 Å². The lowest BCUT2D eigenvalue weighted by molar-refractivity contribution is -0.126. The van der Waals surface area contributed by atoms with Crippen molar-refractivity contribution in [2.45, 2.75) is 52.6 Å². The Morgan fingerprint density at radius 2 is 1.62 bits per heavy atom. The molecule has 0 aromatic carbocycles. The van der Waals surface area contributed by atoms with Gasteiger partial charge in [0, 0.05) is 18.0 Å². The lowest BCUT2D eigenvalue weighted by Crippen LogP contribution is -2.50. The minimum Gasteiger partial charge on any atom is -0.345 e. The molecule has 2 atom stereocenters. The molecule has 2 amide bonds. The Kier molecular flexibility index (Phi) is 8.09. The van der Waals surface area contributed by atoms with Crippen molar-refractivity contribution in [2.24, 2.45) is 11.8 Å². The topological polar surface area (TPSA) is 88.2 Å². The number of pyridine rings is 1. The maximum absolute atomic E-state index is 12.5. The van der Waals surface area contributed by atoms with Crippen LogP contribution in [0.3, 0.4) is 0 Å². The fourth-order valence-electron chi connectivity index (χ4n) is 2.39. The van der Waals surface area contributed by atoms with E-state index in [1.807, 2.05) is 27.7 Å². The number of nitrogens with zero attached hydrogens (tertiary/aromatic N) is 1. The number of carbonyl (C=O) groups is 3. The van der Waals surface area contributed by atoms with Crippen LogP contribution in [0.2, 0.25) is 0 Å². The van der Waals surface area contributed by atoms with Crippen LogP contribution in [0.5, 0.6) is 0 Å². The maximum Gasteiger partial charge on any atom is 0.252 e. The first kappa shape index (κ1) is 19.8. The highest BCUT2D eigenvalue weighted by Gasteiger charge is 2.24. The summed E-state index contributed by atoms with van der Waals surface area (Å²) in [7, 11) is 0. The van der Waals surface area contributed by atoms with Crippen LogP contribution in [-0.2, 0) is 9.59 Å². The third-order valence-electron chi connectivity index (χ3n) is 3.49. The molecule has 1 aromatic heterocycles. The van der Waals surface area contributed by atoms with Gasteiger partial charge in [-0.25, -0.2) is 0 Å². The van der Waals surface area contributed by atoms with Gasteiger partial charge in [0.15, 0.2) is 0 Å². The number of aromatic nitrogens is 1. The van der Waals surface area contributed by atoms with Crippen molar-refractivity contribution < 1.29 is 14.4 Å². The quantitative estimate of drug-likeness (QED) is 0.676. The molecule has 0 aliphatic heterocycles. The molecule has 0 aliphatic carbocycles. The summed E-state index contributed by atoms with van der Waals surface area (Å²) in [5, 5.41) is 5.48.